The van der Waals surface area contributed by atoms with E-state index in [2.05, 4.69) is 44.3 Å². The number of fused-ring (bicyclic) bond motifs is 1. The van der Waals surface area contributed by atoms with Crippen molar-refractivity contribution < 1.29 is 9.32 Å². The lowest BCUT2D eigenvalue weighted by atomic mass is 9.91. The monoisotopic (exact) mass is 377 g/mol. The second-order valence-corrected chi connectivity index (χ2v) is 7.70. The van der Waals surface area contributed by atoms with Gasteiger partial charge >= 0.3 is 0 Å². The molecule has 28 heavy (non-hydrogen) atoms. The molecule has 1 atom stereocenters. The SMILES string of the molecule is CCc1nnc2n1C[C@H](c1ccc(NC(=O)c3cc(C4CC4)on3)cc1)CC2. The van der Waals surface area contributed by atoms with Crippen LogP contribution in [0.3, 0.4) is 0 Å². The maximum Gasteiger partial charge on any atom is 0.277 e. The Morgan fingerprint density at radius 1 is 1.18 bits per heavy atom. The first-order chi connectivity index (χ1) is 13.7. The van der Waals surface area contributed by atoms with Crippen LogP contribution in [0.2, 0.25) is 0 Å². The van der Waals surface area contributed by atoms with Crippen LogP contribution >= 0.6 is 0 Å². The van der Waals surface area contributed by atoms with Crippen molar-refractivity contribution in [1.82, 2.24) is 19.9 Å². The van der Waals surface area contributed by atoms with E-state index in [9.17, 15) is 4.79 Å². The molecule has 3 heterocycles. The molecule has 0 bridgehead atoms. The van der Waals surface area contributed by atoms with Crippen LogP contribution in [0.4, 0.5) is 5.69 Å². The highest BCUT2D eigenvalue weighted by molar-refractivity contribution is 6.02. The first-order valence-electron chi connectivity index (χ1n) is 10.00. The summed E-state index contributed by atoms with van der Waals surface area (Å²) in [4.78, 5) is 12.4. The molecule has 1 N–H and O–H groups in total. The van der Waals surface area contributed by atoms with Crippen molar-refractivity contribution in [1.29, 1.82) is 0 Å². The highest BCUT2D eigenvalue weighted by Gasteiger charge is 2.29. The standard InChI is InChI=1S/C21H23N5O2/c1-2-19-23-24-20-10-7-15(12-26(19)20)13-5-8-16(9-6-13)22-21(27)17-11-18(28-25-17)14-3-4-14/h5-6,8-9,11,14-15H,2-4,7,10,12H2,1H3,(H,22,27)/t15-/m1/s1. The zero-order chi connectivity index (χ0) is 19.1. The molecule has 1 aliphatic heterocycles. The highest BCUT2D eigenvalue weighted by Crippen LogP contribution is 2.40. The number of rotatable bonds is 5. The number of carbonyl (C=O) groups is 1. The molecule has 1 saturated carbocycles. The first-order valence-corrected chi connectivity index (χ1v) is 10.00. The van der Waals surface area contributed by atoms with Crippen molar-refractivity contribution in [2.24, 2.45) is 0 Å². The van der Waals surface area contributed by atoms with Gasteiger partial charge in [-0.2, -0.15) is 0 Å². The van der Waals surface area contributed by atoms with Crippen molar-refractivity contribution in [3.8, 4) is 0 Å². The quantitative estimate of drug-likeness (QED) is 0.733. The Hall–Kier alpha value is -2.96. The molecule has 7 nitrogen and oxygen atoms in total. The Kier molecular flexibility index (Phi) is 4.22. The van der Waals surface area contributed by atoms with E-state index in [4.69, 9.17) is 4.52 Å². The summed E-state index contributed by atoms with van der Waals surface area (Å²) in [6.07, 6.45) is 5.15. The Bertz CT molecular complexity index is 987. The molecule has 1 aliphatic carbocycles. The summed E-state index contributed by atoms with van der Waals surface area (Å²) in [6.45, 7) is 3.03. The molecule has 144 valence electrons. The van der Waals surface area contributed by atoms with Crippen LogP contribution in [-0.2, 0) is 19.4 Å². The van der Waals surface area contributed by atoms with Crippen LogP contribution < -0.4 is 5.32 Å². The summed E-state index contributed by atoms with van der Waals surface area (Å²) in [5, 5.41) is 15.4. The van der Waals surface area contributed by atoms with Crippen LogP contribution in [-0.4, -0.2) is 25.8 Å². The molecule has 7 heteroatoms. The summed E-state index contributed by atoms with van der Waals surface area (Å²) in [5.41, 5.74) is 2.38. The van der Waals surface area contributed by atoms with E-state index in [0.717, 1.165) is 61.7 Å². The predicted molar refractivity (Wildman–Crippen MR) is 103 cm³/mol. The van der Waals surface area contributed by atoms with Crippen molar-refractivity contribution in [2.45, 2.75) is 57.4 Å². The number of aromatic nitrogens is 4. The Balaban J connectivity index is 1.26. The molecule has 3 aromatic rings. The normalized spacial score (nSPS) is 18.7. The second kappa shape index (κ2) is 6.89. The Morgan fingerprint density at radius 2 is 2.00 bits per heavy atom. The van der Waals surface area contributed by atoms with Gasteiger partial charge in [0.15, 0.2) is 5.69 Å². The van der Waals surface area contributed by atoms with Crippen LogP contribution in [0.1, 0.15) is 71.5 Å². The number of nitrogens with one attached hydrogen (secondary N) is 1. The summed E-state index contributed by atoms with van der Waals surface area (Å²) in [7, 11) is 0. The average molecular weight is 377 g/mol. The molecular weight excluding hydrogens is 354 g/mol. The van der Waals surface area contributed by atoms with E-state index >= 15 is 0 Å². The summed E-state index contributed by atoms with van der Waals surface area (Å²) >= 11 is 0. The fourth-order valence-corrected chi connectivity index (χ4v) is 3.91. The van der Waals surface area contributed by atoms with Gasteiger partial charge in [-0.3, -0.25) is 4.79 Å². The number of benzene rings is 1. The summed E-state index contributed by atoms with van der Waals surface area (Å²) in [6, 6.07) is 9.86. The molecule has 0 spiro atoms. The maximum atomic E-state index is 12.4. The van der Waals surface area contributed by atoms with Crippen LogP contribution in [0.25, 0.3) is 0 Å². The van der Waals surface area contributed by atoms with Crippen LogP contribution in [0.5, 0.6) is 0 Å². The summed E-state index contributed by atoms with van der Waals surface area (Å²) < 4.78 is 7.52. The third kappa shape index (κ3) is 3.21. The lowest BCUT2D eigenvalue weighted by Gasteiger charge is -2.24. The summed E-state index contributed by atoms with van der Waals surface area (Å²) in [5.74, 6) is 3.62. The molecule has 2 aliphatic rings. The fraction of sp³-hybridized carbons (Fsp3) is 0.429. The number of anilines is 1. The average Bonchev–Trinajstić information content (AvgIpc) is 3.30. The van der Waals surface area contributed by atoms with Gasteiger partial charge in [0.05, 0.1) is 0 Å². The van der Waals surface area contributed by atoms with E-state index in [1.54, 1.807) is 6.07 Å². The van der Waals surface area contributed by atoms with Gasteiger partial charge in [0, 0.05) is 43.0 Å². The lowest BCUT2D eigenvalue weighted by Crippen LogP contribution is -2.20. The van der Waals surface area contributed by atoms with Crippen molar-refractivity contribution in [3.63, 3.8) is 0 Å². The minimum absolute atomic E-state index is 0.234. The zero-order valence-corrected chi connectivity index (χ0v) is 15.9. The van der Waals surface area contributed by atoms with Crippen LogP contribution in [0, 0.1) is 0 Å². The van der Waals surface area contributed by atoms with Crippen molar-refractivity contribution in [3.05, 3.63) is 59.0 Å². The van der Waals surface area contributed by atoms with Gasteiger partial charge in [-0.05, 0) is 37.0 Å². The Labute approximate surface area is 163 Å². The van der Waals surface area contributed by atoms with Crippen molar-refractivity contribution >= 4 is 11.6 Å². The van der Waals surface area contributed by atoms with E-state index in [0.29, 0.717) is 17.5 Å². The van der Waals surface area contributed by atoms with Gasteiger partial charge in [0.2, 0.25) is 0 Å². The van der Waals surface area contributed by atoms with E-state index < -0.39 is 0 Å². The number of hydrogen-bond donors (Lipinski definition) is 1. The van der Waals surface area contributed by atoms with Gasteiger partial charge in [0.25, 0.3) is 5.91 Å². The number of nitrogens with zero attached hydrogens (tertiary/aromatic N) is 4. The van der Waals surface area contributed by atoms with E-state index in [-0.39, 0.29) is 5.91 Å². The second-order valence-electron chi connectivity index (χ2n) is 7.70. The molecule has 1 aromatic carbocycles. The molecule has 0 unspecified atom stereocenters. The Morgan fingerprint density at radius 3 is 2.75 bits per heavy atom. The smallest absolute Gasteiger partial charge is 0.277 e. The number of carbonyl (C=O) groups excluding carboxylic acids is 1. The van der Waals surface area contributed by atoms with Gasteiger partial charge in [-0.15, -0.1) is 10.2 Å². The first kappa shape index (κ1) is 17.2. The van der Waals surface area contributed by atoms with Gasteiger partial charge in [-0.1, -0.05) is 24.2 Å². The number of amides is 1. The van der Waals surface area contributed by atoms with E-state index in [1.807, 2.05) is 12.1 Å². The van der Waals surface area contributed by atoms with Gasteiger partial charge in [0.1, 0.15) is 17.4 Å². The molecular formula is C21H23N5O2. The van der Waals surface area contributed by atoms with E-state index in [1.165, 1.54) is 5.56 Å². The molecule has 2 aromatic heterocycles. The third-order valence-corrected chi connectivity index (χ3v) is 5.72. The minimum atomic E-state index is -0.234. The fourth-order valence-electron chi connectivity index (χ4n) is 3.91. The third-order valence-electron chi connectivity index (χ3n) is 5.72. The largest absolute Gasteiger partial charge is 0.360 e. The number of aryl methyl sites for hydroxylation is 2. The zero-order valence-electron chi connectivity index (χ0n) is 15.9. The molecule has 5 rings (SSSR count). The lowest BCUT2D eigenvalue weighted by molar-refractivity contribution is 0.101. The molecule has 1 amide bonds. The van der Waals surface area contributed by atoms with Gasteiger partial charge in [-0.25, -0.2) is 0 Å². The predicted octanol–water partition coefficient (Wildman–Crippen LogP) is 3.69. The molecule has 0 saturated heterocycles. The minimum Gasteiger partial charge on any atom is -0.360 e. The van der Waals surface area contributed by atoms with Crippen molar-refractivity contribution in [2.75, 3.05) is 5.32 Å². The molecule has 0 radical (unpaired) electrons. The molecule has 1 fully saturated rings. The maximum absolute atomic E-state index is 12.4. The topological polar surface area (TPSA) is 85.8 Å². The van der Waals surface area contributed by atoms with Crippen LogP contribution in [0.15, 0.2) is 34.9 Å². The number of hydrogen-bond acceptors (Lipinski definition) is 5. The highest BCUT2D eigenvalue weighted by atomic mass is 16.5. The van der Waals surface area contributed by atoms with Gasteiger partial charge < -0.3 is 14.4 Å².